The molecular weight excluding hydrogens is 506 g/mol. The van der Waals surface area contributed by atoms with E-state index in [-0.39, 0.29) is 17.9 Å². The molecule has 0 aliphatic heterocycles. The van der Waals surface area contributed by atoms with Crippen molar-refractivity contribution in [1.29, 1.82) is 0 Å². The van der Waals surface area contributed by atoms with Crippen molar-refractivity contribution in [2.75, 3.05) is 20.8 Å². The summed E-state index contributed by atoms with van der Waals surface area (Å²) >= 11 is 1.52. The number of methoxy groups -OCH3 is 2. The quantitative estimate of drug-likeness (QED) is 0.208. The minimum Gasteiger partial charge on any atom is -0.497 e. The number of amides is 1. The van der Waals surface area contributed by atoms with Crippen LogP contribution in [0.15, 0.2) is 84.2 Å². The molecule has 0 saturated carbocycles. The van der Waals surface area contributed by atoms with Crippen molar-refractivity contribution in [2.45, 2.75) is 45.3 Å². The van der Waals surface area contributed by atoms with E-state index in [1.807, 2.05) is 31.4 Å². The Labute approximate surface area is 235 Å². The fourth-order valence-corrected chi connectivity index (χ4v) is 5.48. The van der Waals surface area contributed by atoms with Crippen LogP contribution in [0, 0.1) is 0 Å². The Balaban J connectivity index is 1.59. The van der Waals surface area contributed by atoms with Crippen LogP contribution in [0.3, 0.4) is 0 Å². The highest BCUT2D eigenvalue weighted by atomic mass is 32.1. The van der Waals surface area contributed by atoms with Crippen LogP contribution in [0.2, 0.25) is 0 Å². The molecule has 0 radical (unpaired) electrons. The zero-order valence-corrected chi connectivity index (χ0v) is 23.9. The number of benzene rings is 3. The Bertz CT molecular complexity index is 1290. The summed E-state index contributed by atoms with van der Waals surface area (Å²) in [6.07, 6.45) is 0.929. The number of hydrogen-bond acceptors (Lipinski definition) is 6. The minimum atomic E-state index is -0.135. The number of carbonyl (C=O) groups excluding carboxylic acids is 1. The maximum absolute atomic E-state index is 12.5. The number of carbonyl (C=O) groups is 1. The number of ether oxygens (including phenoxy) is 2. The zero-order valence-electron chi connectivity index (χ0n) is 23.1. The van der Waals surface area contributed by atoms with E-state index in [2.05, 4.69) is 81.9 Å². The highest BCUT2D eigenvalue weighted by Crippen LogP contribution is 2.30. The van der Waals surface area contributed by atoms with Gasteiger partial charge in [0.15, 0.2) is 0 Å². The molecular formula is C32H37N3O3S. The molecule has 1 amide bonds. The molecule has 1 aromatic heterocycles. The van der Waals surface area contributed by atoms with E-state index in [0.29, 0.717) is 18.8 Å². The van der Waals surface area contributed by atoms with Gasteiger partial charge >= 0.3 is 0 Å². The molecule has 1 N–H and O–H groups in total. The van der Waals surface area contributed by atoms with Crippen LogP contribution < -0.4 is 14.8 Å². The Kier molecular flexibility index (Phi) is 10.1. The molecule has 0 bridgehead atoms. The fraction of sp³-hybridized carbons (Fsp3) is 0.312. The first-order chi connectivity index (χ1) is 19.0. The van der Waals surface area contributed by atoms with Gasteiger partial charge in [0.25, 0.3) is 5.91 Å². The molecule has 0 saturated heterocycles. The smallest absolute Gasteiger partial charge is 0.270 e. The van der Waals surface area contributed by atoms with Crippen molar-refractivity contribution in [3.05, 3.63) is 112 Å². The van der Waals surface area contributed by atoms with Crippen molar-refractivity contribution in [2.24, 2.45) is 0 Å². The largest absolute Gasteiger partial charge is 0.497 e. The molecule has 6 nitrogen and oxygen atoms in total. The lowest BCUT2D eigenvalue weighted by atomic mass is 9.88. The van der Waals surface area contributed by atoms with Crippen LogP contribution in [0.25, 0.3) is 0 Å². The summed E-state index contributed by atoms with van der Waals surface area (Å²) in [7, 11) is 3.34. The van der Waals surface area contributed by atoms with Crippen LogP contribution in [0.1, 0.15) is 58.4 Å². The Morgan fingerprint density at radius 1 is 0.923 bits per heavy atom. The number of aromatic nitrogens is 1. The lowest BCUT2D eigenvalue weighted by molar-refractivity contribution is 0.0938. The van der Waals surface area contributed by atoms with E-state index in [9.17, 15) is 4.79 Å². The van der Waals surface area contributed by atoms with E-state index in [1.165, 1.54) is 22.5 Å². The molecule has 0 aliphatic rings. The SMILES string of the molecule is COc1ccc(CN(CCC(c2ccccc2)c2ccccc2)Cc2nc(C(=O)NC(C)C)cs2)c(OC)c1. The van der Waals surface area contributed by atoms with E-state index in [0.717, 1.165) is 35.0 Å². The third-order valence-corrected chi connectivity index (χ3v) is 7.42. The van der Waals surface area contributed by atoms with Gasteiger partial charge in [-0.15, -0.1) is 11.3 Å². The topological polar surface area (TPSA) is 63.7 Å². The molecule has 4 rings (SSSR count). The number of nitrogens with zero attached hydrogens (tertiary/aromatic N) is 2. The van der Waals surface area contributed by atoms with Gasteiger partial charge in [-0.3, -0.25) is 9.69 Å². The van der Waals surface area contributed by atoms with E-state index >= 15 is 0 Å². The third-order valence-electron chi connectivity index (χ3n) is 6.59. The van der Waals surface area contributed by atoms with Crippen molar-refractivity contribution in [1.82, 2.24) is 15.2 Å². The zero-order chi connectivity index (χ0) is 27.6. The summed E-state index contributed by atoms with van der Waals surface area (Å²) in [5.41, 5.74) is 4.14. The molecule has 0 atom stereocenters. The lowest BCUT2D eigenvalue weighted by Crippen LogP contribution is -2.30. The van der Waals surface area contributed by atoms with Crippen molar-refractivity contribution in [3.63, 3.8) is 0 Å². The van der Waals surface area contributed by atoms with Crippen LogP contribution in [-0.4, -0.2) is 42.6 Å². The molecule has 0 aliphatic carbocycles. The minimum absolute atomic E-state index is 0.0644. The second kappa shape index (κ2) is 13.9. The Morgan fingerprint density at radius 3 is 2.18 bits per heavy atom. The molecule has 4 aromatic rings. The summed E-state index contributed by atoms with van der Waals surface area (Å²) in [6, 6.07) is 27.3. The van der Waals surface area contributed by atoms with Crippen molar-refractivity contribution >= 4 is 17.2 Å². The van der Waals surface area contributed by atoms with Crippen LogP contribution >= 0.6 is 11.3 Å². The summed E-state index contributed by atoms with van der Waals surface area (Å²) in [4.78, 5) is 19.6. The van der Waals surface area contributed by atoms with Crippen LogP contribution in [-0.2, 0) is 13.1 Å². The summed E-state index contributed by atoms with van der Waals surface area (Å²) in [5, 5.41) is 5.68. The highest BCUT2D eigenvalue weighted by molar-refractivity contribution is 7.09. The van der Waals surface area contributed by atoms with Gasteiger partial charge in [-0.1, -0.05) is 66.7 Å². The van der Waals surface area contributed by atoms with Gasteiger partial charge in [0.2, 0.25) is 0 Å². The second-order valence-electron chi connectivity index (χ2n) is 9.81. The molecule has 204 valence electrons. The van der Waals surface area contributed by atoms with Crippen LogP contribution in [0.4, 0.5) is 0 Å². The highest BCUT2D eigenvalue weighted by Gasteiger charge is 2.20. The molecule has 7 heteroatoms. The van der Waals surface area contributed by atoms with Gasteiger partial charge < -0.3 is 14.8 Å². The first kappa shape index (κ1) is 28.3. The van der Waals surface area contributed by atoms with Gasteiger partial charge in [0, 0.05) is 35.5 Å². The van der Waals surface area contributed by atoms with Gasteiger partial charge in [0.05, 0.1) is 20.8 Å². The normalized spacial score (nSPS) is 11.3. The number of nitrogens with one attached hydrogen (secondary N) is 1. The van der Waals surface area contributed by atoms with Crippen LogP contribution in [0.5, 0.6) is 11.5 Å². The summed E-state index contributed by atoms with van der Waals surface area (Å²) in [5.74, 6) is 1.68. The van der Waals surface area contributed by atoms with E-state index in [4.69, 9.17) is 9.47 Å². The average molecular weight is 544 g/mol. The Hall–Kier alpha value is -3.68. The predicted octanol–water partition coefficient (Wildman–Crippen LogP) is 6.52. The van der Waals surface area contributed by atoms with Gasteiger partial charge in [-0.25, -0.2) is 4.98 Å². The molecule has 0 spiro atoms. The second-order valence-corrected chi connectivity index (χ2v) is 10.7. The van der Waals surface area contributed by atoms with Crippen molar-refractivity contribution < 1.29 is 14.3 Å². The van der Waals surface area contributed by atoms with E-state index in [1.54, 1.807) is 14.2 Å². The number of hydrogen-bond donors (Lipinski definition) is 1. The number of thiazole rings is 1. The third kappa shape index (κ3) is 7.91. The lowest BCUT2D eigenvalue weighted by Gasteiger charge is -2.26. The maximum Gasteiger partial charge on any atom is 0.270 e. The standard InChI is InChI=1S/C32H37N3O3S/c1-23(2)33-32(36)29-22-39-31(34-29)21-35(20-26-15-16-27(37-3)19-30(26)38-4)18-17-28(24-11-7-5-8-12-24)25-13-9-6-10-14-25/h5-16,19,22-23,28H,17-18,20-21H2,1-4H3,(H,33,36). The number of rotatable bonds is 13. The van der Waals surface area contributed by atoms with Gasteiger partial charge in [0.1, 0.15) is 22.2 Å². The monoisotopic (exact) mass is 543 g/mol. The summed E-state index contributed by atoms with van der Waals surface area (Å²) in [6.45, 7) is 6.04. The fourth-order valence-electron chi connectivity index (χ4n) is 4.66. The molecule has 39 heavy (non-hydrogen) atoms. The van der Waals surface area contributed by atoms with E-state index < -0.39 is 0 Å². The first-order valence-corrected chi connectivity index (χ1v) is 14.1. The van der Waals surface area contributed by atoms with Gasteiger partial charge in [-0.2, -0.15) is 0 Å². The van der Waals surface area contributed by atoms with Gasteiger partial charge in [-0.05, 0) is 44.0 Å². The molecule has 3 aromatic carbocycles. The average Bonchev–Trinajstić information content (AvgIpc) is 3.43. The van der Waals surface area contributed by atoms with Crippen molar-refractivity contribution in [3.8, 4) is 11.5 Å². The Morgan fingerprint density at radius 2 is 1.59 bits per heavy atom. The predicted molar refractivity (Wildman–Crippen MR) is 158 cm³/mol. The molecule has 0 fully saturated rings. The first-order valence-electron chi connectivity index (χ1n) is 13.2. The molecule has 1 heterocycles. The molecule has 0 unspecified atom stereocenters. The summed E-state index contributed by atoms with van der Waals surface area (Å²) < 4.78 is 11.1. The maximum atomic E-state index is 12.5.